The third-order valence-corrected chi connectivity index (χ3v) is 5.35. The molecule has 1 saturated heterocycles. The highest BCUT2D eigenvalue weighted by atomic mass is 19.4. The van der Waals surface area contributed by atoms with Crippen LogP contribution in [-0.4, -0.2) is 62.4 Å². The van der Waals surface area contributed by atoms with Gasteiger partial charge in [-0.25, -0.2) is 4.79 Å². The second kappa shape index (κ2) is 9.95. The average molecular weight is 438 g/mol. The van der Waals surface area contributed by atoms with Gasteiger partial charge in [0, 0.05) is 45.3 Å². The molecule has 0 bridgehead atoms. The number of nitrogens with zero attached hydrogens (tertiary/aromatic N) is 4. The minimum absolute atomic E-state index is 0.313. The van der Waals surface area contributed by atoms with Crippen LogP contribution < -0.4 is 0 Å². The van der Waals surface area contributed by atoms with Gasteiger partial charge in [-0.1, -0.05) is 30.3 Å². The van der Waals surface area contributed by atoms with E-state index in [0.29, 0.717) is 11.9 Å². The molecule has 4 rings (SSSR count). The third kappa shape index (κ3) is 6.30. The van der Waals surface area contributed by atoms with Crippen molar-refractivity contribution in [3.05, 3.63) is 53.9 Å². The monoisotopic (exact) mass is 438 g/mol. The van der Waals surface area contributed by atoms with Crippen molar-refractivity contribution in [1.29, 1.82) is 0 Å². The van der Waals surface area contributed by atoms with Crippen molar-refractivity contribution in [3.8, 4) is 0 Å². The number of halogens is 3. The first kappa shape index (κ1) is 22.8. The second-order valence-electron chi connectivity index (χ2n) is 7.65. The fourth-order valence-corrected chi connectivity index (χ4v) is 3.89. The summed E-state index contributed by atoms with van der Waals surface area (Å²) in [5.41, 5.74) is 2.62. The van der Waals surface area contributed by atoms with E-state index in [9.17, 15) is 18.0 Å². The molecule has 1 aromatic carbocycles. The highest BCUT2D eigenvalue weighted by Gasteiger charge is 2.38. The van der Waals surface area contributed by atoms with Crippen LogP contribution in [0.3, 0.4) is 0 Å². The van der Waals surface area contributed by atoms with Crippen LogP contribution in [0.25, 0.3) is 0 Å². The Morgan fingerprint density at radius 2 is 1.90 bits per heavy atom. The number of hydrogen-bond acceptors (Lipinski definition) is 4. The van der Waals surface area contributed by atoms with Crippen LogP contribution in [0.2, 0.25) is 0 Å². The maximum atomic E-state index is 11.8. The molecule has 31 heavy (non-hydrogen) atoms. The molecule has 1 unspecified atom stereocenters. The van der Waals surface area contributed by atoms with Gasteiger partial charge < -0.3 is 10.0 Å². The molecule has 3 heterocycles. The van der Waals surface area contributed by atoms with Crippen LogP contribution in [0.4, 0.5) is 13.2 Å². The Kier molecular flexibility index (Phi) is 7.32. The summed E-state index contributed by atoms with van der Waals surface area (Å²) in [6, 6.07) is 13.1. The Bertz CT molecular complexity index is 885. The largest absolute Gasteiger partial charge is 0.490 e. The van der Waals surface area contributed by atoms with Gasteiger partial charge in [-0.15, -0.1) is 0 Å². The number of alkyl halides is 3. The molecule has 0 spiro atoms. The van der Waals surface area contributed by atoms with E-state index in [4.69, 9.17) is 9.90 Å². The fourth-order valence-electron chi connectivity index (χ4n) is 3.89. The maximum absolute atomic E-state index is 11.8. The number of aliphatic carboxylic acids is 1. The number of benzene rings is 1. The lowest BCUT2D eigenvalue weighted by atomic mass is 10.1. The van der Waals surface area contributed by atoms with Crippen molar-refractivity contribution in [3.63, 3.8) is 0 Å². The van der Waals surface area contributed by atoms with Crippen LogP contribution in [-0.2, 0) is 22.7 Å². The van der Waals surface area contributed by atoms with Gasteiger partial charge in [0.25, 0.3) is 0 Å². The Morgan fingerprint density at radius 3 is 2.52 bits per heavy atom. The summed E-state index contributed by atoms with van der Waals surface area (Å²) >= 11 is 0. The SMILES string of the molecule is O=C(O)C(F)(F)F.O=C1CCCN1CCC1CN(Cc2ccccc2)Cc2ccnn21. The molecule has 2 aliphatic heterocycles. The lowest BCUT2D eigenvalue weighted by Gasteiger charge is -2.34. The molecule has 2 aromatic rings. The molecule has 1 fully saturated rings. The van der Waals surface area contributed by atoms with Gasteiger partial charge in [-0.2, -0.15) is 18.3 Å². The van der Waals surface area contributed by atoms with E-state index in [1.165, 1.54) is 11.3 Å². The maximum Gasteiger partial charge on any atom is 0.490 e. The number of aromatic nitrogens is 2. The summed E-state index contributed by atoms with van der Waals surface area (Å²) in [7, 11) is 0. The van der Waals surface area contributed by atoms with Gasteiger partial charge in [0.05, 0.1) is 11.7 Å². The standard InChI is InChI=1S/C19H24N4O.C2HF3O2/c24-19-7-4-11-22(19)12-9-18-15-21(13-16-5-2-1-3-6-16)14-17-8-10-20-23(17)18;3-2(4,5)1(6)7/h1-3,5-6,8,10,18H,4,7,9,11-15H2;(H,6,7). The Balaban J connectivity index is 0.000000339. The molecule has 0 saturated carbocycles. The highest BCUT2D eigenvalue weighted by molar-refractivity contribution is 5.78. The van der Waals surface area contributed by atoms with E-state index in [-0.39, 0.29) is 0 Å². The van der Waals surface area contributed by atoms with Gasteiger partial charge in [-0.05, 0) is 24.5 Å². The smallest absolute Gasteiger partial charge is 0.475 e. The van der Waals surface area contributed by atoms with Crippen LogP contribution in [0.15, 0.2) is 42.6 Å². The van der Waals surface area contributed by atoms with Crippen LogP contribution in [0.1, 0.15) is 36.6 Å². The molecule has 1 N–H and O–H groups in total. The van der Waals surface area contributed by atoms with E-state index < -0.39 is 12.1 Å². The number of fused-ring (bicyclic) bond motifs is 1. The van der Waals surface area contributed by atoms with E-state index in [0.717, 1.165) is 52.0 Å². The van der Waals surface area contributed by atoms with Crippen molar-refractivity contribution in [1.82, 2.24) is 19.6 Å². The number of carbonyl (C=O) groups is 2. The summed E-state index contributed by atoms with van der Waals surface area (Å²) in [6.07, 6.45) is -0.477. The number of carboxylic acids is 1. The molecule has 0 radical (unpaired) electrons. The number of carbonyl (C=O) groups excluding carboxylic acids is 1. The van der Waals surface area contributed by atoms with Crippen molar-refractivity contribution in [2.45, 2.75) is 44.6 Å². The van der Waals surface area contributed by atoms with Crippen LogP contribution in [0.5, 0.6) is 0 Å². The first-order valence-electron chi connectivity index (χ1n) is 10.1. The lowest BCUT2D eigenvalue weighted by molar-refractivity contribution is -0.192. The number of carboxylic acid groups (broad SMARTS) is 1. The van der Waals surface area contributed by atoms with Gasteiger partial charge in [-0.3, -0.25) is 14.4 Å². The number of hydrogen-bond donors (Lipinski definition) is 1. The van der Waals surface area contributed by atoms with Crippen LogP contribution >= 0.6 is 0 Å². The summed E-state index contributed by atoms with van der Waals surface area (Å²) in [4.78, 5) is 25.2. The fraction of sp³-hybridized carbons (Fsp3) is 0.476. The molecule has 7 nitrogen and oxygen atoms in total. The van der Waals surface area contributed by atoms with Crippen molar-refractivity contribution < 1.29 is 27.9 Å². The molecule has 1 aromatic heterocycles. The summed E-state index contributed by atoms with van der Waals surface area (Å²) in [6.45, 7) is 4.66. The average Bonchev–Trinajstić information content (AvgIpc) is 3.35. The quantitative estimate of drug-likeness (QED) is 0.776. The number of likely N-dealkylation sites (tertiary alicyclic amines) is 1. The van der Waals surface area contributed by atoms with Crippen LogP contribution in [0, 0.1) is 0 Å². The Labute approximate surface area is 178 Å². The summed E-state index contributed by atoms with van der Waals surface area (Å²) in [5, 5.41) is 11.7. The molecular weight excluding hydrogens is 413 g/mol. The van der Waals surface area contributed by atoms with Crippen molar-refractivity contribution in [2.75, 3.05) is 19.6 Å². The first-order valence-corrected chi connectivity index (χ1v) is 10.1. The highest BCUT2D eigenvalue weighted by Crippen LogP contribution is 2.25. The Hall–Kier alpha value is -2.88. The second-order valence-corrected chi connectivity index (χ2v) is 7.65. The van der Waals surface area contributed by atoms with E-state index in [2.05, 4.69) is 51.1 Å². The molecule has 1 amide bonds. The van der Waals surface area contributed by atoms with Gasteiger partial charge in [0.2, 0.25) is 5.91 Å². The molecule has 1 atom stereocenters. The molecular formula is C21H25F3N4O3. The van der Waals surface area contributed by atoms with E-state index in [1.54, 1.807) is 0 Å². The molecule has 2 aliphatic rings. The van der Waals surface area contributed by atoms with E-state index >= 15 is 0 Å². The predicted molar refractivity (Wildman–Crippen MR) is 106 cm³/mol. The lowest BCUT2D eigenvalue weighted by Crippen LogP contribution is -2.39. The predicted octanol–water partition coefficient (Wildman–Crippen LogP) is 3.09. The van der Waals surface area contributed by atoms with Gasteiger partial charge in [0.15, 0.2) is 0 Å². The third-order valence-electron chi connectivity index (χ3n) is 5.35. The van der Waals surface area contributed by atoms with Crippen molar-refractivity contribution in [2.24, 2.45) is 0 Å². The Morgan fingerprint density at radius 1 is 1.19 bits per heavy atom. The van der Waals surface area contributed by atoms with Gasteiger partial charge in [0.1, 0.15) is 0 Å². The van der Waals surface area contributed by atoms with E-state index in [1.807, 2.05) is 11.1 Å². The number of rotatable bonds is 5. The topological polar surface area (TPSA) is 78.7 Å². The summed E-state index contributed by atoms with van der Waals surface area (Å²) < 4.78 is 33.9. The molecule has 10 heteroatoms. The first-order chi connectivity index (χ1) is 14.7. The van der Waals surface area contributed by atoms with Gasteiger partial charge >= 0.3 is 12.1 Å². The summed E-state index contributed by atoms with van der Waals surface area (Å²) in [5.74, 6) is -2.44. The minimum Gasteiger partial charge on any atom is -0.475 e. The molecule has 0 aliphatic carbocycles. The zero-order valence-electron chi connectivity index (χ0n) is 17.0. The van der Waals surface area contributed by atoms with Crippen molar-refractivity contribution >= 4 is 11.9 Å². The minimum atomic E-state index is -5.08. The molecule has 168 valence electrons. The zero-order chi connectivity index (χ0) is 22.4. The normalized spacial score (nSPS) is 19.0. The number of amides is 1. The zero-order valence-corrected chi connectivity index (χ0v) is 17.0.